The van der Waals surface area contributed by atoms with Crippen LogP contribution < -0.4 is 10.1 Å². The van der Waals surface area contributed by atoms with Crippen molar-refractivity contribution in [2.24, 2.45) is 5.92 Å². The molecule has 0 saturated carbocycles. The zero-order valence-corrected chi connectivity index (χ0v) is 19.0. The quantitative estimate of drug-likeness (QED) is 0.589. The number of anilines is 1. The molecule has 1 amide bonds. The van der Waals surface area contributed by atoms with E-state index in [1.807, 2.05) is 0 Å². The molecule has 1 unspecified atom stereocenters. The number of nitrogens with one attached hydrogen (secondary N) is 1. The molecule has 1 aliphatic heterocycles. The molecular formula is C22H30ClN3O2S. The van der Waals surface area contributed by atoms with E-state index in [0.717, 1.165) is 26.1 Å². The van der Waals surface area contributed by atoms with Gasteiger partial charge in [-0.15, -0.1) is 11.3 Å². The van der Waals surface area contributed by atoms with Gasteiger partial charge in [0.05, 0.1) is 25.0 Å². The Morgan fingerprint density at radius 1 is 1.45 bits per heavy atom. The first-order valence-corrected chi connectivity index (χ1v) is 11.5. The maximum atomic E-state index is 12.4. The number of rotatable bonds is 8. The van der Waals surface area contributed by atoms with E-state index in [2.05, 4.69) is 29.4 Å². The molecule has 1 aliphatic rings. The van der Waals surface area contributed by atoms with Gasteiger partial charge >= 0.3 is 0 Å². The average Bonchev–Trinajstić information content (AvgIpc) is 3.16. The van der Waals surface area contributed by atoms with Crippen molar-refractivity contribution < 1.29 is 9.53 Å². The lowest BCUT2D eigenvalue weighted by Gasteiger charge is -2.32. The van der Waals surface area contributed by atoms with Crippen LogP contribution in [0.4, 0.5) is 5.69 Å². The second-order valence-electron chi connectivity index (χ2n) is 8.00. The molecule has 0 spiro atoms. The van der Waals surface area contributed by atoms with Crippen LogP contribution in [0.1, 0.15) is 56.2 Å². The first-order valence-electron chi connectivity index (χ1n) is 10.2. The van der Waals surface area contributed by atoms with Crippen LogP contribution in [0.15, 0.2) is 23.6 Å². The third kappa shape index (κ3) is 6.43. The highest BCUT2D eigenvalue weighted by Gasteiger charge is 2.22. The number of nitrogens with zero attached hydrogens (tertiary/aromatic N) is 2. The van der Waals surface area contributed by atoms with Crippen molar-refractivity contribution in [1.82, 2.24) is 9.88 Å². The fourth-order valence-corrected chi connectivity index (χ4v) is 4.88. The summed E-state index contributed by atoms with van der Waals surface area (Å²) < 4.78 is 5.30. The lowest BCUT2D eigenvalue weighted by molar-refractivity contribution is -0.116. The summed E-state index contributed by atoms with van der Waals surface area (Å²) in [4.78, 5) is 19.7. The molecule has 1 saturated heterocycles. The number of carbonyl (C=O) groups excluding carboxylic acids is 1. The normalized spacial score (nSPS) is 17.5. The molecule has 2 heterocycles. The van der Waals surface area contributed by atoms with Gasteiger partial charge in [0, 0.05) is 23.4 Å². The largest absolute Gasteiger partial charge is 0.495 e. The van der Waals surface area contributed by atoms with E-state index < -0.39 is 0 Å². The summed E-state index contributed by atoms with van der Waals surface area (Å²) in [6, 6.07) is 5.24. The summed E-state index contributed by atoms with van der Waals surface area (Å²) in [5.41, 5.74) is 1.81. The highest BCUT2D eigenvalue weighted by atomic mass is 35.5. The van der Waals surface area contributed by atoms with Crippen LogP contribution in [-0.2, 0) is 11.3 Å². The van der Waals surface area contributed by atoms with Crippen LogP contribution in [-0.4, -0.2) is 36.0 Å². The van der Waals surface area contributed by atoms with Gasteiger partial charge in [-0.25, -0.2) is 4.98 Å². The molecule has 1 atom stereocenters. The zero-order chi connectivity index (χ0) is 20.8. The Kier molecular flexibility index (Phi) is 7.92. The van der Waals surface area contributed by atoms with Crippen molar-refractivity contribution in [3.05, 3.63) is 39.3 Å². The maximum Gasteiger partial charge on any atom is 0.224 e. The standard InChI is InChI=1S/C22H30ClN3O2S/c1-15(2)19-14-29-22(25-19)13-26-10-4-5-16(12-26)6-9-21(27)24-18-11-17(23)7-8-20(18)28-3/h7-8,11,14-16H,4-6,9-10,12-13H2,1-3H3,(H,24,27). The van der Waals surface area contributed by atoms with E-state index in [-0.39, 0.29) is 5.91 Å². The number of methoxy groups -OCH3 is 1. The van der Waals surface area contributed by atoms with Gasteiger partial charge in [0.25, 0.3) is 0 Å². The van der Waals surface area contributed by atoms with Gasteiger partial charge in [-0.3, -0.25) is 9.69 Å². The molecule has 0 radical (unpaired) electrons. The molecule has 5 nitrogen and oxygen atoms in total. The van der Waals surface area contributed by atoms with Crippen molar-refractivity contribution in [3.63, 3.8) is 0 Å². The topological polar surface area (TPSA) is 54.5 Å². The van der Waals surface area contributed by atoms with Crippen LogP contribution in [0.25, 0.3) is 0 Å². The number of hydrogen-bond acceptors (Lipinski definition) is 5. The Balaban J connectivity index is 1.47. The Labute approximate surface area is 182 Å². The van der Waals surface area contributed by atoms with Crippen LogP contribution in [0.2, 0.25) is 5.02 Å². The molecule has 158 valence electrons. The zero-order valence-electron chi connectivity index (χ0n) is 17.4. The molecule has 1 aromatic carbocycles. The molecule has 0 aliphatic carbocycles. The number of amides is 1. The Bertz CT molecular complexity index is 824. The highest BCUT2D eigenvalue weighted by Crippen LogP contribution is 2.29. The van der Waals surface area contributed by atoms with Gasteiger partial charge < -0.3 is 10.1 Å². The predicted octanol–water partition coefficient (Wildman–Crippen LogP) is 5.56. The summed E-state index contributed by atoms with van der Waals surface area (Å²) in [5, 5.41) is 6.88. The second kappa shape index (κ2) is 10.4. The van der Waals surface area contributed by atoms with Crippen molar-refractivity contribution in [2.75, 3.05) is 25.5 Å². The van der Waals surface area contributed by atoms with Gasteiger partial charge in [0.15, 0.2) is 0 Å². The van der Waals surface area contributed by atoms with Gasteiger partial charge in [0.1, 0.15) is 10.8 Å². The number of ether oxygens (including phenoxy) is 1. The van der Waals surface area contributed by atoms with Gasteiger partial charge in [0.2, 0.25) is 5.91 Å². The van der Waals surface area contributed by atoms with E-state index in [1.165, 1.54) is 23.5 Å². The molecule has 29 heavy (non-hydrogen) atoms. The lowest BCUT2D eigenvalue weighted by Crippen LogP contribution is -2.35. The number of piperidine rings is 1. The third-order valence-corrected chi connectivity index (χ3v) is 6.43. The summed E-state index contributed by atoms with van der Waals surface area (Å²) in [6.45, 7) is 7.42. The fraction of sp³-hybridized carbons (Fsp3) is 0.545. The molecule has 1 fully saturated rings. The average molecular weight is 436 g/mol. The Morgan fingerprint density at radius 3 is 3.00 bits per heavy atom. The lowest BCUT2D eigenvalue weighted by atomic mass is 9.93. The minimum atomic E-state index is 0.00388. The highest BCUT2D eigenvalue weighted by molar-refractivity contribution is 7.09. The van der Waals surface area contributed by atoms with Gasteiger partial charge in [-0.05, 0) is 55.8 Å². The van der Waals surface area contributed by atoms with Gasteiger partial charge in [-0.2, -0.15) is 0 Å². The summed E-state index contributed by atoms with van der Waals surface area (Å²) in [5.74, 6) is 1.64. The van der Waals surface area contributed by atoms with E-state index in [9.17, 15) is 4.79 Å². The van der Waals surface area contributed by atoms with E-state index in [0.29, 0.717) is 34.7 Å². The van der Waals surface area contributed by atoms with E-state index >= 15 is 0 Å². The molecule has 1 N–H and O–H groups in total. The van der Waals surface area contributed by atoms with Crippen molar-refractivity contribution in [1.29, 1.82) is 0 Å². The van der Waals surface area contributed by atoms with E-state index in [1.54, 1.807) is 36.6 Å². The van der Waals surface area contributed by atoms with Crippen LogP contribution >= 0.6 is 22.9 Å². The van der Waals surface area contributed by atoms with Crippen LogP contribution in [0, 0.1) is 5.92 Å². The SMILES string of the molecule is COc1ccc(Cl)cc1NC(=O)CCC1CCCN(Cc2nc(C(C)C)cs2)C1. The molecule has 7 heteroatoms. The summed E-state index contributed by atoms with van der Waals surface area (Å²) >= 11 is 7.80. The summed E-state index contributed by atoms with van der Waals surface area (Å²) in [7, 11) is 1.59. The number of halogens is 1. The monoisotopic (exact) mass is 435 g/mol. The predicted molar refractivity (Wildman–Crippen MR) is 120 cm³/mol. The van der Waals surface area contributed by atoms with Crippen LogP contribution in [0.5, 0.6) is 5.75 Å². The number of benzene rings is 1. The van der Waals surface area contributed by atoms with Crippen molar-refractivity contribution in [3.8, 4) is 5.75 Å². The minimum Gasteiger partial charge on any atom is -0.495 e. The smallest absolute Gasteiger partial charge is 0.224 e. The fourth-order valence-electron chi connectivity index (χ4n) is 3.71. The van der Waals surface area contributed by atoms with Crippen LogP contribution in [0.3, 0.4) is 0 Å². The van der Waals surface area contributed by atoms with Crippen molar-refractivity contribution >= 4 is 34.5 Å². The molecule has 1 aromatic heterocycles. The first-order chi connectivity index (χ1) is 13.9. The first kappa shape index (κ1) is 22.1. The second-order valence-corrected chi connectivity index (χ2v) is 9.37. The van der Waals surface area contributed by atoms with Crippen molar-refractivity contribution in [2.45, 2.75) is 52.0 Å². The number of carbonyl (C=O) groups is 1. The number of likely N-dealkylation sites (tertiary alicyclic amines) is 1. The van der Waals surface area contributed by atoms with Gasteiger partial charge in [-0.1, -0.05) is 25.4 Å². The number of thiazole rings is 1. The number of aromatic nitrogens is 1. The number of hydrogen-bond donors (Lipinski definition) is 1. The minimum absolute atomic E-state index is 0.00388. The molecular weight excluding hydrogens is 406 g/mol. The Hall–Kier alpha value is -1.63. The summed E-state index contributed by atoms with van der Waals surface area (Å²) in [6.07, 6.45) is 3.75. The van der Waals surface area contributed by atoms with E-state index in [4.69, 9.17) is 21.3 Å². The Morgan fingerprint density at radius 2 is 2.28 bits per heavy atom. The third-order valence-electron chi connectivity index (χ3n) is 5.34. The molecule has 3 rings (SSSR count). The maximum absolute atomic E-state index is 12.4. The molecule has 2 aromatic rings. The molecule has 0 bridgehead atoms.